The minimum atomic E-state index is 0.283. The van der Waals surface area contributed by atoms with Crippen molar-refractivity contribution in [2.45, 2.75) is 25.7 Å². The van der Waals surface area contributed by atoms with E-state index in [-0.39, 0.29) is 5.75 Å². The first-order valence-corrected chi connectivity index (χ1v) is 6.47. The lowest BCUT2D eigenvalue weighted by atomic mass is 9.95. The van der Waals surface area contributed by atoms with Crippen LogP contribution in [0.2, 0.25) is 0 Å². The van der Waals surface area contributed by atoms with Gasteiger partial charge in [0, 0.05) is 0 Å². The van der Waals surface area contributed by atoms with Gasteiger partial charge in [-0.15, -0.1) is 0 Å². The fourth-order valence-electron chi connectivity index (χ4n) is 2.27. The van der Waals surface area contributed by atoms with Gasteiger partial charge in [0.1, 0.15) is 11.5 Å². The largest absolute Gasteiger partial charge is 0.508 e. The molecule has 0 aliphatic carbocycles. The molecule has 2 N–H and O–H groups in total. The van der Waals surface area contributed by atoms with Crippen molar-refractivity contribution >= 4 is 0 Å². The van der Waals surface area contributed by atoms with Crippen molar-refractivity contribution in [3.63, 3.8) is 0 Å². The molecule has 17 heavy (non-hydrogen) atoms. The minimum absolute atomic E-state index is 0.283. The van der Waals surface area contributed by atoms with E-state index >= 15 is 0 Å². The number of aromatic hydroxyl groups is 1. The van der Waals surface area contributed by atoms with Crippen molar-refractivity contribution in [1.82, 2.24) is 5.32 Å². The van der Waals surface area contributed by atoms with E-state index in [2.05, 4.69) is 5.32 Å². The molecular formula is C14H21NO2. The smallest absolute Gasteiger partial charge is 0.119 e. The van der Waals surface area contributed by atoms with Gasteiger partial charge < -0.3 is 15.2 Å². The van der Waals surface area contributed by atoms with Crippen LogP contribution >= 0.6 is 0 Å². The highest BCUT2D eigenvalue weighted by atomic mass is 16.5. The van der Waals surface area contributed by atoms with Crippen LogP contribution in [0.3, 0.4) is 0 Å². The first kappa shape index (κ1) is 12.2. The summed E-state index contributed by atoms with van der Waals surface area (Å²) in [6.07, 6.45) is 5.01. The molecule has 1 aromatic rings. The quantitative estimate of drug-likeness (QED) is 0.771. The molecule has 0 aromatic heterocycles. The van der Waals surface area contributed by atoms with Crippen LogP contribution in [0.1, 0.15) is 25.7 Å². The molecule has 0 saturated carbocycles. The molecule has 1 saturated heterocycles. The maximum Gasteiger partial charge on any atom is 0.119 e. The molecule has 1 aliphatic rings. The predicted octanol–water partition coefficient (Wildman–Crippen LogP) is 2.55. The summed E-state index contributed by atoms with van der Waals surface area (Å²) in [5.74, 6) is 1.95. The molecule has 0 amide bonds. The normalized spacial score (nSPS) is 20.1. The first-order valence-electron chi connectivity index (χ1n) is 6.47. The number of hydrogen-bond acceptors (Lipinski definition) is 3. The SMILES string of the molecule is Oc1ccc(OCCCC2CCCNC2)cc1. The number of piperidine rings is 1. The third kappa shape index (κ3) is 4.27. The molecule has 1 aromatic carbocycles. The molecular weight excluding hydrogens is 214 g/mol. The van der Waals surface area contributed by atoms with E-state index in [1.165, 1.54) is 32.4 Å². The van der Waals surface area contributed by atoms with Gasteiger partial charge in [0.25, 0.3) is 0 Å². The van der Waals surface area contributed by atoms with Gasteiger partial charge >= 0.3 is 0 Å². The van der Waals surface area contributed by atoms with Crippen LogP contribution in [0.15, 0.2) is 24.3 Å². The summed E-state index contributed by atoms with van der Waals surface area (Å²) in [6, 6.07) is 6.91. The van der Waals surface area contributed by atoms with E-state index in [9.17, 15) is 0 Å². The Morgan fingerprint density at radius 1 is 1.29 bits per heavy atom. The Morgan fingerprint density at radius 2 is 2.12 bits per heavy atom. The Morgan fingerprint density at radius 3 is 2.82 bits per heavy atom. The van der Waals surface area contributed by atoms with E-state index in [0.717, 1.165) is 24.7 Å². The lowest BCUT2D eigenvalue weighted by Crippen LogP contribution is -2.29. The highest BCUT2D eigenvalue weighted by Gasteiger charge is 2.11. The number of nitrogens with one attached hydrogen (secondary N) is 1. The molecule has 2 rings (SSSR count). The highest BCUT2D eigenvalue weighted by Crippen LogP contribution is 2.18. The zero-order chi connectivity index (χ0) is 11.9. The fraction of sp³-hybridized carbons (Fsp3) is 0.571. The summed E-state index contributed by atoms with van der Waals surface area (Å²) in [7, 11) is 0. The summed E-state index contributed by atoms with van der Waals surface area (Å²) in [4.78, 5) is 0. The van der Waals surface area contributed by atoms with Crippen LogP contribution < -0.4 is 10.1 Å². The zero-order valence-corrected chi connectivity index (χ0v) is 10.2. The van der Waals surface area contributed by atoms with Crippen LogP contribution in [-0.4, -0.2) is 24.8 Å². The third-order valence-corrected chi connectivity index (χ3v) is 3.26. The van der Waals surface area contributed by atoms with E-state index in [1.54, 1.807) is 24.3 Å². The molecule has 3 heteroatoms. The Balaban J connectivity index is 1.60. The van der Waals surface area contributed by atoms with Gasteiger partial charge in [-0.25, -0.2) is 0 Å². The second-order valence-electron chi connectivity index (χ2n) is 4.70. The number of benzene rings is 1. The number of phenols is 1. The lowest BCUT2D eigenvalue weighted by Gasteiger charge is -2.22. The van der Waals surface area contributed by atoms with E-state index < -0.39 is 0 Å². The van der Waals surface area contributed by atoms with Crippen LogP contribution in [0.25, 0.3) is 0 Å². The van der Waals surface area contributed by atoms with Gasteiger partial charge in [-0.1, -0.05) is 0 Å². The summed E-state index contributed by atoms with van der Waals surface area (Å²) < 4.78 is 5.62. The number of phenolic OH excluding ortho intramolecular Hbond substituents is 1. The topological polar surface area (TPSA) is 41.5 Å². The van der Waals surface area contributed by atoms with Gasteiger partial charge in [-0.2, -0.15) is 0 Å². The van der Waals surface area contributed by atoms with Crippen LogP contribution in [0.4, 0.5) is 0 Å². The predicted molar refractivity (Wildman–Crippen MR) is 68.4 cm³/mol. The minimum Gasteiger partial charge on any atom is -0.508 e. The molecule has 1 aliphatic heterocycles. The molecule has 1 heterocycles. The Hall–Kier alpha value is -1.22. The average molecular weight is 235 g/mol. The lowest BCUT2D eigenvalue weighted by molar-refractivity contribution is 0.275. The van der Waals surface area contributed by atoms with Crippen molar-refractivity contribution in [2.75, 3.05) is 19.7 Å². The van der Waals surface area contributed by atoms with Crippen molar-refractivity contribution < 1.29 is 9.84 Å². The van der Waals surface area contributed by atoms with Crippen molar-refractivity contribution in [2.24, 2.45) is 5.92 Å². The van der Waals surface area contributed by atoms with Gasteiger partial charge in [-0.05, 0) is 69.0 Å². The van der Waals surface area contributed by atoms with E-state index in [4.69, 9.17) is 9.84 Å². The summed E-state index contributed by atoms with van der Waals surface area (Å²) in [5.41, 5.74) is 0. The number of hydrogen-bond donors (Lipinski definition) is 2. The van der Waals surface area contributed by atoms with Crippen LogP contribution in [0, 0.1) is 5.92 Å². The van der Waals surface area contributed by atoms with Crippen LogP contribution in [0.5, 0.6) is 11.5 Å². The monoisotopic (exact) mass is 235 g/mol. The van der Waals surface area contributed by atoms with E-state index in [0.29, 0.717) is 0 Å². The first-order chi connectivity index (χ1) is 8.34. The Bertz CT molecular complexity index is 317. The zero-order valence-electron chi connectivity index (χ0n) is 10.2. The molecule has 0 spiro atoms. The maximum absolute atomic E-state index is 9.14. The number of rotatable bonds is 5. The second-order valence-corrected chi connectivity index (χ2v) is 4.70. The Kier molecular flexibility index (Phi) is 4.68. The van der Waals surface area contributed by atoms with Crippen molar-refractivity contribution in [1.29, 1.82) is 0 Å². The number of ether oxygens (including phenoxy) is 1. The molecule has 1 atom stereocenters. The van der Waals surface area contributed by atoms with Gasteiger partial charge in [0.2, 0.25) is 0 Å². The van der Waals surface area contributed by atoms with E-state index in [1.807, 2.05) is 0 Å². The molecule has 1 fully saturated rings. The highest BCUT2D eigenvalue weighted by molar-refractivity contribution is 5.29. The van der Waals surface area contributed by atoms with Gasteiger partial charge in [0.05, 0.1) is 6.61 Å². The Labute approximate surface area is 103 Å². The third-order valence-electron chi connectivity index (χ3n) is 3.26. The summed E-state index contributed by atoms with van der Waals surface area (Å²) in [5, 5.41) is 12.6. The standard InChI is InChI=1S/C14H21NO2/c16-13-5-7-14(8-6-13)17-10-2-4-12-3-1-9-15-11-12/h5-8,12,15-16H,1-4,9-11H2. The summed E-state index contributed by atoms with van der Waals surface area (Å²) >= 11 is 0. The fourth-order valence-corrected chi connectivity index (χ4v) is 2.27. The molecule has 94 valence electrons. The van der Waals surface area contributed by atoms with Gasteiger partial charge in [0.15, 0.2) is 0 Å². The maximum atomic E-state index is 9.14. The summed E-state index contributed by atoms with van der Waals surface area (Å²) in [6.45, 7) is 3.11. The second kappa shape index (κ2) is 6.50. The molecule has 1 unspecified atom stereocenters. The average Bonchev–Trinajstić information content (AvgIpc) is 2.38. The van der Waals surface area contributed by atoms with Crippen molar-refractivity contribution in [3.05, 3.63) is 24.3 Å². The van der Waals surface area contributed by atoms with Crippen molar-refractivity contribution in [3.8, 4) is 11.5 Å². The molecule has 0 radical (unpaired) electrons. The molecule has 0 bridgehead atoms. The molecule has 3 nitrogen and oxygen atoms in total. The van der Waals surface area contributed by atoms with Gasteiger partial charge in [-0.3, -0.25) is 0 Å². The van der Waals surface area contributed by atoms with Crippen LogP contribution in [-0.2, 0) is 0 Å².